The molecule has 0 spiro atoms. The summed E-state index contributed by atoms with van der Waals surface area (Å²) in [6.07, 6.45) is 5.72. The van der Waals surface area contributed by atoms with Crippen LogP contribution >= 0.6 is 15.9 Å². The summed E-state index contributed by atoms with van der Waals surface area (Å²) in [5, 5.41) is 0. The van der Waals surface area contributed by atoms with Gasteiger partial charge in [-0.15, -0.1) is 0 Å². The van der Waals surface area contributed by atoms with Crippen LogP contribution < -0.4 is 0 Å². The van der Waals surface area contributed by atoms with Gasteiger partial charge in [0.2, 0.25) is 0 Å². The molecule has 20 heavy (non-hydrogen) atoms. The first-order valence-electron chi connectivity index (χ1n) is 6.94. The van der Waals surface area contributed by atoms with Gasteiger partial charge < -0.3 is 4.57 Å². The first kappa shape index (κ1) is 15.2. The minimum Gasteiger partial charge on any atom is -0.335 e. The molecule has 2 aromatic rings. The minimum absolute atomic E-state index is 0.0582. The zero-order valence-electron chi connectivity index (χ0n) is 12.5. The Morgan fingerprint density at radius 3 is 2.65 bits per heavy atom. The van der Waals surface area contributed by atoms with Crippen LogP contribution in [-0.2, 0) is 18.4 Å². The van der Waals surface area contributed by atoms with E-state index in [1.807, 2.05) is 18.5 Å². The molecule has 2 aromatic heterocycles. The maximum absolute atomic E-state index is 4.69. The van der Waals surface area contributed by atoms with Crippen LogP contribution in [-0.4, -0.2) is 19.5 Å². The SMILES string of the molecule is CCCn1ccnc1Cc1cc(Br)nc(C(C)(C)C)n1. The van der Waals surface area contributed by atoms with Gasteiger partial charge in [-0.3, -0.25) is 0 Å². The van der Waals surface area contributed by atoms with Crippen molar-refractivity contribution in [2.75, 3.05) is 0 Å². The molecule has 0 aliphatic carbocycles. The molecule has 4 nitrogen and oxygen atoms in total. The summed E-state index contributed by atoms with van der Waals surface area (Å²) in [6, 6.07) is 1.97. The third-order valence-corrected chi connectivity index (χ3v) is 3.43. The highest BCUT2D eigenvalue weighted by atomic mass is 79.9. The molecule has 0 N–H and O–H groups in total. The number of rotatable bonds is 4. The van der Waals surface area contributed by atoms with E-state index in [9.17, 15) is 0 Å². The van der Waals surface area contributed by atoms with Crippen molar-refractivity contribution in [3.05, 3.63) is 40.4 Å². The van der Waals surface area contributed by atoms with Crippen LogP contribution in [0.15, 0.2) is 23.1 Å². The van der Waals surface area contributed by atoms with E-state index in [1.54, 1.807) is 0 Å². The van der Waals surface area contributed by atoms with Gasteiger partial charge in [0.25, 0.3) is 0 Å². The molecule has 108 valence electrons. The van der Waals surface area contributed by atoms with E-state index >= 15 is 0 Å². The summed E-state index contributed by atoms with van der Waals surface area (Å²) < 4.78 is 3.02. The zero-order valence-corrected chi connectivity index (χ0v) is 14.1. The Kier molecular flexibility index (Phi) is 4.58. The van der Waals surface area contributed by atoms with Crippen molar-refractivity contribution >= 4 is 15.9 Å². The van der Waals surface area contributed by atoms with E-state index in [2.05, 4.69) is 63.1 Å². The Bertz CT molecular complexity index is 584. The highest BCUT2D eigenvalue weighted by Gasteiger charge is 2.19. The second kappa shape index (κ2) is 6.04. The number of aromatic nitrogens is 4. The van der Waals surface area contributed by atoms with Crippen molar-refractivity contribution in [3.63, 3.8) is 0 Å². The molecule has 5 heteroatoms. The van der Waals surface area contributed by atoms with Gasteiger partial charge in [-0.1, -0.05) is 27.7 Å². The molecule has 0 fully saturated rings. The molecule has 0 atom stereocenters. The van der Waals surface area contributed by atoms with Gasteiger partial charge in [0.05, 0.1) is 5.69 Å². The first-order valence-corrected chi connectivity index (χ1v) is 7.73. The fourth-order valence-electron chi connectivity index (χ4n) is 2.00. The standard InChI is InChI=1S/C15H21BrN4/c1-5-7-20-8-6-17-13(20)10-11-9-12(16)19-14(18-11)15(2,3)4/h6,8-9H,5,7,10H2,1-4H3. The number of nitrogens with zero attached hydrogens (tertiary/aromatic N) is 4. The van der Waals surface area contributed by atoms with Crippen LogP contribution in [0.2, 0.25) is 0 Å². The third-order valence-electron chi connectivity index (χ3n) is 3.02. The Morgan fingerprint density at radius 2 is 2.00 bits per heavy atom. The lowest BCUT2D eigenvalue weighted by atomic mass is 9.95. The molecule has 0 bridgehead atoms. The van der Waals surface area contributed by atoms with Gasteiger partial charge in [-0.2, -0.15) is 0 Å². The predicted molar refractivity (Wildman–Crippen MR) is 83.8 cm³/mol. The van der Waals surface area contributed by atoms with Crippen molar-refractivity contribution in [1.82, 2.24) is 19.5 Å². The van der Waals surface area contributed by atoms with Crippen LogP contribution in [0.4, 0.5) is 0 Å². The second-order valence-electron chi connectivity index (χ2n) is 5.97. The normalized spacial score (nSPS) is 11.8. The van der Waals surface area contributed by atoms with E-state index in [-0.39, 0.29) is 5.41 Å². The largest absolute Gasteiger partial charge is 0.335 e. The van der Waals surface area contributed by atoms with Crippen molar-refractivity contribution in [2.45, 2.75) is 52.5 Å². The quantitative estimate of drug-likeness (QED) is 0.799. The number of hydrogen-bond donors (Lipinski definition) is 0. The predicted octanol–water partition coefficient (Wildman–Crippen LogP) is 3.73. The van der Waals surface area contributed by atoms with E-state index < -0.39 is 0 Å². The highest BCUT2D eigenvalue weighted by molar-refractivity contribution is 9.10. The van der Waals surface area contributed by atoms with E-state index in [0.717, 1.165) is 41.3 Å². The number of hydrogen-bond acceptors (Lipinski definition) is 3. The summed E-state index contributed by atoms with van der Waals surface area (Å²) in [5.74, 6) is 1.91. The van der Waals surface area contributed by atoms with Crippen LogP contribution in [0.25, 0.3) is 0 Å². The van der Waals surface area contributed by atoms with Gasteiger partial charge in [-0.05, 0) is 28.4 Å². The molecule has 0 amide bonds. The average Bonchev–Trinajstić information content (AvgIpc) is 2.75. The summed E-state index contributed by atoms with van der Waals surface area (Å²) in [4.78, 5) is 13.6. The van der Waals surface area contributed by atoms with Gasteiger partial charge >= 0.3 is 0 Å². The number of imidazole rings is 1. The lowest BCUT2D eigenvalue weighted by molar-refractivity contribution is 0.539. The lowest BCUT2D eigenvalue weighted by Gasteiger charge is -2.17. The zero-order chi connectivity index (χ0) is 14.8. The number of aryl methyl sites for hydroxylation is 1. The third kappa shape index (κ3) is 3.66. The molecule has 0 aromatic carbocycles. The maximum atomic E-state index is 4.69. The molecular formula is C15H21BrN4. The van der Waals surface area contributed by atoms with Crippen molar-refractivity contribution < 1.29 is 0 Å². The minimum atomic E-state index is -0.0582. The van der Waals surface area contributed by atoms with Crippen molar-refractivity contribution in [3.8, 4) is 0 Å². The van der Waals surface area contributed by atoms with Gasteiger partial charge in [0.15, 0.2) is 0 Å². The van der Waals surface area contributed by atoms with Crippen LogP contribution in [0.5, 0.6) is 0 Å². The fourth-order valence-corrected chi connectivity index (χ4v) is 2.44. The Morgan fingerprint density at radius 1 is 1.25 bits per heavy atom. The van der Waals surface area contributed by atoms with E-state index in [1.165, 1.54) is 0 Å². The summed E-state index contributed by atoms with van der Waals surface area (Å²) >= 11 is 3.48. The fraction of sp³-hybridized carbons (Fsp3) is 0.533. The van der Waals surface area contributed by atoms with E-state index in [0.29, 0.717) is 0 Å². The summed E-state index contributed by atoms with van der Waals surface area (Å²) in [6.45, 7) is 9.53. The molecule has 0 saturated heterocycles. The van der Waals surface area contributed by atoms with Gasteiger partial charge in [0, 0.05) is 30.8 Å². The maximum Gasteiger partial charge on any atom is 0.135 e. The molecular weight excluding hydrogens is 316 g/mol. The highest BCUT2D eigenvalue weighted by Crippen LogP contribution is 2.21. The average molecular weight is 337 g/mol. The van der Waals surface area contributed by atoms with Crippen LogP contribution in [0.3, 0.4) is 0 Å². The lowest BCUT2D eigenvalue weighted by Crippen LogP contribution is -2.17. The molecule has 0 saturated carbocycles. The molecule has 2 heterocycles. The molecule has 0 aliphatic rings. The summed E-state index contributed by atoms with van der Waals surface area (Å²) in [7, 11) is 0. The Balaban J connectivity index is 2.29. The topological polar surface area (TPSA) is 43.6 Å². The van der Waals surface area contributed by atoms with E-state index in [4.69, 9.17) is 0 Å². The van der Waals surface area contributed by atoms with Gasteiger partial charge in [0.1, 0.15) is 16.3 Å². The smallest absolute Gasteiger partial charge is 0.135 e. The second-order valence-corrected chi connectivity index (χ2v) is 6.78. The first-order chi connectivity index (χ1) is 9.40. The van der Waals surface area contributed by atoms with Crippen molar-refractivity contribution in [1.29, 1.82) is 0 Å². The molecule has 2 rings (SSSR count). The molecule has 0 aliphatic heterocycles. The Hall–Kier alpha value is -1.23. The summed E-state index contributed by atoms with van der Waals surface area (Å²) in [5.41, 5.74) is 0.942. The Labute approximate surface area is 128 Å². The van der Waals surface area contributed by atoms with Gasteiger partial charge in [-0.25, -0.2) is 15.0 Å². The molecule has 0 unspecified atom stereocenters. The van der Waals surface area contributed by atoms with Crippen LogP contribution in [0, 0.1) is 0 Å². The van der Waals surface area contributed by atoms with Crippen LogP contribution in [0.1, 0.15) is 51.5 Å². The molecule has 0 radical (unpaired) electrons. The number of halogens is 1. The van der Waals surface area contributed by atoms with Crippen molar-refractivity contribution in [2.24, 2.45) is 0 Å². The monoisotopic (exact) mass is 336 g/mol.